The van der Waals surface area contributed by atoms with Gasteiger partial charge in [0, 0.05) is 45.6 Å². The highest BCUT2D eigenvalue weighted by atomic mass is 15.3. The molecule has 4 rings (SSSR count). The minimum Gasteiger partial charge on any atom is -0.357 e. The summed E-state index contributed by atoms with van der Waals surface area (Å²) in [4.78, 5) is 7.50. The van der Waals surface area contributed by atoms with Gasteiger partial charge < -0.3 is 14.8 Å². The number of guanidine groups is 1. The first-order valence-corrected chi connectivity index (χ1v) is 11.7. The number of fused-ring (bicyclic) bond motifs is 1. The van der Waals surface area contributed by atoms with Crippen LogP contribution >= 0.6 is 0 Å². The summed E-state index contributed by atoms with van der Waals surface area (Å²) in [5.74, 6) is 3.49. The van der Waals surface area contributed by atoms with Gasteiger partial charge in [-0.3, -0.25) is 4.99 Å². The van der Waals surface area contributed by atoms with Gasteiger partial charge in [0.1, 0.15) is 11.6 Å². The van der Waals surface area contributed by atoms with Crippen molar-refractivity contribution < 1.29 is 0 Å². The summed E-state index contributed by atoms with van der Waals surface area (Å²) in [5.41, 5.74) is 0.577. The summed E-state index contributed by atoms with van der Waals surface area (Å²) in [6.45, 7) is 7.46. The number of rotatable bonds is 5. The number of nitrogens with one attached hydrogen (secondary N) is 1. The SMILES string of the molecule is CCNC(=NCCCc1nnc2n1CCCCC2)N1CCC2(CCCCC2)C1. The molecule has 1 N–H and O–H groups in total. The van der Waals surface area contributed by atoms with Crippen LogP contribution in [0.15, 0.2) is 4.99 Å². The van der Waals surface area contributed by atoms with Crippen LogP contribution in [-0.2, 0) is 19.4 Å². The Morgan fingerprint density at radius 1 is 1.04 bits per heavy atom. The first-order valence-electron chi connectivity index (χ1n) is 11.7. The highest BCUT2D eigenvalue weighted by molar-refractivity contribution is 5.80. The predicted molar refractivity (Wildman–Crippen MR) is 114 cm³/mol. The summed E-state index contributed by atoms with van der Waals surface area (Å²) in [6, 6.07) is 0. The largest absolute Gasteiger partial charge is 0.357 e. The van der Waals surface area contributed by atoms with Crippen LogP contribution in [0.1, 0.15) is 82.8 Å². The second-order valence-electron chi connectivity index (χ2n) is 9.07. The van der Waals surface area contributed by atoms with Gasteiger partial charge in [-0.15, -0.1) is 10.2 Å². The van der Waals surface area contributed by atoms with Crippen LogP contribution in [-0.4, -0.2) is 51.8 Å². The van der Waals surface area contributed by atoms with Crippen molar-refractivity contribution in [2.75, 3.05) is 26.2 Å². The van der Waals surface area contributed by atoms with E-state index in [-0.39, 0.29) is 0 Å². The monoisotopic (exact) mass is 386 g/mol. The number of nitrogens with zero attached hydrogens (tertiary/aromatic N) is 5. The predicted octanol–water partition coefficient (Wildman–Crippen LogP) is 3.56. The Bertz CT molecular complexity index is 658. The molecule has 1 aromatic rings. The van der Waals surface area contributed by atoms with Crippen molar-refractivity contribution in [2.24, 2.45) is 10.4 Å². The number of aryl methyl sites for hydroxylation is 2. The summed E-state index contributed by atoms with van der Waals surface area (Å²) >= 11 is 0. The molecule has 0 radical (unpaired) electrons. The average Bonchev–Trinajstić information content (AvgIpc) is 3.21. The normalized spacial score (nSPS) is 22.3. The highest BCUT2D eigenvalue weighted by Gasteiger charge is 2.39. The van der Waals surface area contributed by atoms with Gasteiger partial charge in [-0.25, -0.2) is 0 Å². The molecule has 6 heteroatoms. The molecule has 2 fully saturated rings. The van der Waals surface area contributed by atoms with E-state index in [1.54, 1.807) is 0 Å². The molecule has 0 unspecified atom stereocenters. The molecule has 0 aromatic carbocycles. The molecule has 3 aliphatic rings. The number of likely N-dealkylation sites (tertiary alicyclic amines) is 1. The van der Waals surface area contributed by atoms with Crippen molar-refractivity contribution in [3.63, 3.8) is 0 Å². The maximum absolute atomic E-state index is 4.98. The van der Waals surface area contributed by atoms with Crippen LogP contribution < -0.4 is 5.32 Å². The number of aliphatic imine (C=N–C) groups is 1. The Hall–Kier alpha value is -1.59. The van der Waals surface area contributed by atoms with E-state index in [2.05, 4.69) is 31.9 Å². The Kier molecular flexibility index (Phi) is 6.53. The Morgan fingerprint density at radius 2 is 1.89 bits per heavy atom. The molecule has 3 heterocycles. The van der Waals surface area contributed by atoms with Crippen molar-refractivity contribution >= 4 is 5.96 Å². The maximum Gasteiger partial charge on any atom is 0.193 e. The first kappa shape index (κ1) is 19.7. The molecule has 1 spiro atoms. The zero-order valence-corrected chi connectivity index (χ0v) is 17.8. The minimum atomic E-state index is 0.577. The van der Waals surface area contributed by atoms with E-state index < -0.39 is 0 Å². The maximum atomic E-state index is 4.98. The fourth-order valence-corrected chi connectivity index (χ4v) is 5.40. The molecule has 6 nitrogen and oxygen atoms in total. The summed E-state index contributed by atoms with van der Waals surface area (Å²) in [6.07, 6.45) is 15.4. The molecule has 1 saturated heterocycles. The molecular formula is C22H38N6. The van der Waals surface area contributed by atoms with Crippen LogP contribution in [0.2, 0.25) is 0 Å². The van der Waals surface area contributed by atoms with Crippen molar-refractivity contribution in [1.82, 2.24) is 25.0 Å². The molecule has 28 heavy (non-hydrogen) atoms. The van der Waals surface area contributed by atoms with Crippen molar-refractivity contribution in [3.05, 3.63) is 11.6 Å². The fraction of sp³-hybridized carbons (Fsp3) is 0.864. The van der Waals surface area contributed by atoms with E-state index >= 15 is 0 Å². The molecular weight excluding hydrogens is 348 g/mol. The second kappa shape index (κ2) is 9.27. The van der Waals surface area contributed by atoms with E-state index in [1.807, 2.05) is 0 Å². The zero-order valence-electron chi connectivity index (χ0n) is 17.8. The highest BCUT2D eigenvalue weighted by Crippen LogP contribution is 2.43. The third-order valence-electron chi connectivity index (χ3n) is 6.99. The topological polar surface area (TPSA) is 58.3 Å². The summed E-state index contributed by atoms with van der Waals surface area (Å²) in [7, 11) is 0. The molecule has 2 aliphatic heterocycles. The van der Waals surface area contributed by atoms with Crippen LogP contribution in [0.5, 0.6) is 0 Å². The lowest BCUT2D eigenvalue weighted by Crippen LogP contribution is -2.41. The lowest BCUT2D eigenvalue weighted by atomic mass is 9.73. The van der Waals surface area contributed by atoms with E-state index in [0.717, 1.165) is 44.9 Å². The van der Waals surface area contributed by atoms with Gasteiger partial charge in [0.25, 0.3) is 0 Å². The number of hydrogen-bond acceptors (Lipinski definition) is 3. The minimum absolute atomic E-state index is 0.577. The molecule has 1 aliphatic carbocycles. The Labute approximate surface area is 170 Å². The standard InChI is InChI=1S/C22H38N6/c1-2-23-21(27-17-14-22(18-27)12-6-4-7-13-22)24-15-9-11-20-26-25-19-10-5-3-8-16-28(19)20/h2-18H2,1H3,(H,23,24). The van der Waals surface area contributed by atoms with Gasteiger partial charge in [0.15, 0.2) is 5.96 Å². The van der Waals surface area contributed by atoms with E-state index in [1.165, 1.54) is 82.5 Å². The van der Waals surface area contributed by atoms with E-state index in [9.17, 15) is 0 Å². The van der Waals surface area contributed by atoms with Gasteiger partial charge in [-0.05, 0) is 50.9 Å². The molecule has 0 bridgehead atoms. The first-order chi connectivity index (χ1) is 13.8. The Morgan fingerprint density at radius 3 is 2.75 bits per heavy atom. The van der Waals surface area contributed by atoms with Crippen LogP contribution in [0.4, 0.5) is 0 Å². The van der Waals surface area contributed by atoms with E-state index in [4.69, 9.17) is 4.99 Å². The van der Waals surface area contributed by atoms with Crippen molar-refractivity contribution in [3.8, 4) is 0 Å². The molecule has 1 aromatic heterocycles. The smallest absolute Gasteiger partial charge is 0.193 e. The molecule has 0 amide bonds. The third kappa shape index (κ3) is 4.52. The van der Waals surface area contributed by atoms with Crippen LogP contribution in [0.25, 0.3) is 0 Å². The quantitative estimate of drug-likeness (QED) is 0.478. The fourth-order valence-electron chi connectivity index (χ4n) is 5.40. The molecule has 1 saturated carbocycles. The lowest BCUT2D eigenvalue weighted by molar-refractivity contribution is 0.203. The van der Waals surface area contributed by atoms with Gasteiger partial charge in [-0.2, -0.15) is 0 Å². The summed E-state index contributed by atoms with van der Waals surface area (Å²) < 4.78 is 2.37. The molecule has 0 atom stereocenters. The van der Waals surface area contributed by atoms with E-state index in [0.29, 0.717) is 5.41 Å². The van der Waals surface area contributed by atoms with Gasteiger partial charge in [0.05, 0.1) is 0 Å². The van der Waals surface area contributed by atoms with Gasteiger partial charge in [-0.1, -0.05) is 25.7 Å². The third-order valence-corrected chi connectivity index (χ3v) is 6.99. The zero-order chi connectivity index (χ0) is 19.2. The van der Waals surface area contributed by atoms with Crippen LogP contribution in [0.3, 0.4) is 0 Å². The van der Waals surface area contributed by atoms with Gasteiger partial charge in [0.2, 0.25) is 0 Å². The van der Waals surface area contributed by atoms with Crippen molar-refractivity contribution in [2.45, 2.75) is 90.5 Å². The summed E-state index contributed by atoms with van der Waals surface area (Å²) in [5, 5.41) is 12.4. The number of aromatic nitrogens is 3. The second-order valence-corrected chi connectivity index (χ2v) is 9.07. The van der Waals surface area contributed by atoms with Gasteiger partial charge >= 0.3 is 0 Å². The number of hydrogen-bond donors (Lipinski definition) is 1. The lowest BCUT2D eigenvalue weighted by Gasteiger charge is -2.33. The van der Waals surface area contributed by atoms with Crippen molar-refractivity contribution in [1.29, 1.82) is 0 Å². The van der Waals surface area contributed by atoms with Crippen LogP contribution in [0, 0.1) is 5.41 Å². The Balaban J connectivity index is 1.31. The average molecular weight is 387 g/mol. The molecule has 156 valence electrons.